The lowest BCUT2D eigenvalue weighted by atomic mass is 9.92. The van der Waals surface area contributed by atoms with Crippen LogP contribution in [0.25, 0.3) is 0 Å². The van der Waals surface area contributed by atoms with Crippen LogP contribution in [-0.4, -0.2) is 53.8 Å². The fourth-order valence-corrected chi connectivity index (χ4v) is 4.50. The fraction of sp³-hybridized carbons (Fsp3) is 0.636. The van der Waals surface area contributed by atoms with E-state index < -0.39 is 0 Å². The average molecular weight is 370 g/mol. The molecule has 2 saturated heterocycles. The lowest BCUT2D eigenvalue weighted by Gasteiger charge is -2.41. The van der Waals surface area contributed by atoms with Crippen molar-refractivity contribution in [2.75, 3.05) is 26.2 Å². The number of hydrogen-bond acceptors (Lipinski definition) is 3. The van der Waals surface area contributed by atoms with E-state index in [4.69, 9.17) is 0 Å². The highest BCUT2D eigenvalue weighted by atomic mass is 16.2. The molecule has 1 aliphatic carbocycles. The van der Waals surface area contributed by atoms with Gasteiger partial charge < -0.3 is 15.1 Å². The van der Waals surface area contributed by atoms with E-state index in [1.165, 1.54) is 0 Å². The lowest BCUT2D eigenvalue weighted by molar-refractivity contribution is -0.134. The van der Waals surface area contributed by atoms with Gasteiger partial charge in [0.1, 0.15) is 0 Å². The normalized spacial score (nSPS) is 22.6. The van der Waals surface area contributed by atoms with Gasteiger partial charge in [-0.25, -0.2) is 0 Å². The molecule has 0 radical (unpaired) electrons. The van der Waals surface area contributed by atoms with Gasteiger partial charge in [-0.2, -0.15) is 0 Å². The van der Waals surface area contributed by atoms with E-state index in [1.807, 2.05) is 30.3 Å². The molecule has 5 heteroatoms. The molecule has 1 N–H and O–H groups in total. The largest absolute Gasteiger partial charge is 0.352 e. The van der Waals surface area contributed by atoms with Crippen molar-refractivity contribution in [2.24, 2.45) is 11.8 Å². The molecule has 1 aromatic rings. The number of nitrogens with zero attached hydrogens (tertiary/aromatic N) is 2. The Balaban J connectivity index is 1.18. The molecule has 1 saturated carbocycles. The van der Waals surface area contributed by atoms with Gasteiger partial charge in [0.2, 0.25) is 11.8 Å². The van der Waals surface area contributed by atoms with Gasteiger partial charge in [0.05, 0.1) is 0 Å². The molecule has 146 valence electrons. The number of hydrogen-bond donors (Lipinski definition) is 1. The summed E-state index contributed by atoms with van der Waals surface area (Å²) in [5.41, 5.74) is 1.15. The molecule has 0 bridgehead atoms. The number of benzene rings is 1. The molecule has 0 spiro atoms. The van der Waals surface area contributed by atoms with E-state index >= 15 is 0 Å². The van der Waals surface area contributed by atoms with Crippen LogP contribution >= 0.6 is 0 Å². The van der Waals surface area contributed by atoms with Gasteiger partial charge in [0, 0.05) is 37.5 Å². The third-order valence-corrected chi connectivity index (χ3v) is 6.43. The zero-order valence-electron chi connectivity index (χ0n) is 16.1. The highest BCUT2D eigenvalue weighted by molar-refractivity contribution is 5.81. The monoisotopic (exact) mass is 369 g/mol. The summed E-state index contributed by atoms with van der Waals surface area (Å²) < 4.78 is 0. The SMILES string of the molecule is O=C(NCc1ccccc1)C1CCN(C2CCN(C(=O)C3CC3)CC2)CC1. The summed E-state index contributed by atoms with van der Waals surface area (Å²) >= 11 is 0. The molecule has 1 aromatic carbocycles. The van der Waals surface area contributed by atoms with Crippen LogP contribution in [0.4, 0.5) is 0 Å². The van der Waals surface area contributed by atoms with Crippen LogP contribution in [0.5, 0.6) is 0 Å². The summed E-state index contributed by atoms with van der Waals surface area (Å²) in [6, 6.07) is 10.7. The van der Waals surface area contributed by atoms with Crippen molar-refractivity contribution < 1.29 is 9.59 Å². The Morgan fingerprint density at radius 1 is 0.852 bits per heavy atom. The maximum Gasteiger partial charge on any atom is 0.225 e. The maximum absolute atomic E-state index is 12.5. The van der Waals surface area contributed by atoms with Crippen LogP contribution in [0, 0.1) is 11.8 Å². The van der Waals surface area contributed by atoms with E-state index in [2.05, 4.69) is 15.1 Å². The summed E-state index contributed by atoms with van der Waals surface area (Å²) in [5.74, 6) is 1.07. The number of rotatable bonds is 5. The zero-order valence-corrected chi connectivity index (χ0v) is 16.1. The Labute approximate surface area is 162 Å². The standard InChI is InChI=1S/C22H31N3O2/c26-21(23-16-17-4-2-1-3-5-17)18-8-12-24(13-9-18)20-10-14-25(15-11-20)22(27)19-6-7-19/h1-5,18-20H,6-16H2,(H,23,26). The molecule has 3 fully saturated rings. The van der Waals surface area contributed by atoms with Crippen LogP contribution in [0.2, 0.25) is 0 Å². The maximum atomic E-state index is 12.5. The summed E-state index contributed by atoms with van der Waals surface area (Å²) in [7, 11) is 0. The highest BCUT2D eigenvalue weighted by Gasteiger charge is 2.36. The van der Waals surface area contributed by atoms with E-state index in [0.29, 0.717) is 24.4 Å². The third-order valence-electron chi connectivity index (χ3n) is 6.43. The first-order valence-electron chi connectivity index (χ1n) is 10.5. The molecule has 2 aliphatic heterocycles. The minimum atomic E-state index is 0.140. The van der Waals surface area contributed by atoms with Gasteiger partial charge in [-0.3, -0.25) is 9.59 Å². The van der Waals surface area contributed by atoms with Gasteiger partial charge in [0.15, 0.2) is 0 Å². The number of carbonyl (C=O) groups excluding carboxylic acids is 2. The molecular weight excluding hydrogens is 338 g/mol. The Morgan fingerprint density at radius 2 is 1.52 bits per heavy atom. The number of carbonyl (C=O) groups is 2. The molecule has 0 aromatic heterocycles. The first-order chi connectivity index (χ1) is 13.2. The zero-order chi connectivity index (χ0) is 18.6. The van der Waals surface area contributed by atoms with Gasteiger partial charge in [-0.1, -0.05) is 30.3 Å². The Morgan fingerprint density at radius 3 is 2.15 bits per heavy atom. The van der Waals surface area contributed by atoms with Crippen LogP contribution in [0.15, 0.2) is 30.3 Å². The Bertz CT molecular complexity index is 643. The van der Waals surface area contributed by atoms with Crippen molar-refractivity contribution >= 4 is 11.8 Å². The predicted molar refractivity (Wildman–Crippen MR) is 105 cm³/mol. The van der Waals surface area contributed by atoms with E-state index in [0.717, 1.165) is 70.3 Å². The van der Waals surface area contributed by atoms with Gasteiger partial charge >= 0.3 is 0 Å². The van der Waals surface area contributed by atoms with Crippen molar-refractivity contribution in [3.05, 3.63) is 35.9 Å². The summed E-state index contributed by atoms with van der Waals surface area (Å²) in [6.45, 7) is 4.46. The van der Waals surface area contributed by atoms with Crippen molar-refractivity contribution in [1.29, 1.82) is 0 Å². The predicted octanol–water partition coefficient (Wildman–Crippen LogP) is 2.42. The summed E-state index contributed by atoms with van der Waals surface area (Å²) in [5, 5.41) is 3.10. The van der Waals surface area contributed by atoms with Crippen LogP contribution in [0.1, 0.15) is 44.1 Å². The quantitative estimate of drug-likeness (QED) is 0.867. The number of nitrogens with one attached hydrogen (secondary N) is 1. The third kappa shape index (κ3) is 4.70. The molecule has 2 heterocycles. The molecule has 0 unspecified atom stereocenters. The smallest absolute Gasteiger partial charge is 0.225 e. The van der Waals surface area contributed by atoms with Gasteiger partial charge in [0.25, 0.3) is 0 Å². The molecule has 27 heavy (non-hydrogen) atoms. The average Bonchev–Trinajstić information content (AvgIpc) is 3.58. The number of amides is 2. The fourth-order valence-electron chi connectivity index (χ4n) is 4.50. The molecule has 4 rings (SSSR count). The minimum absolute atomic E-state index is 0.140. The Kier molecular flexibility index (Phi) is 5.77. The van der Waals surface area contributed by atoms with Crippen LogP contribution in [0.3, 0.4) is 0 Å². The summed E-state index contributed by atoms with van der Waals surface area (Å²) in [4.78, 5) is 29.3. The van der Waals surface area contributed by atoms with Crippen molar-refractivity contribution in [2.45, 2.75) is 51.1 Å². The summed E-state index contributed by atoms with van der Waals surface area (Å²) in [6.07, 6.45) is 6.26. The van der Waals surface area contributed by atoms with Gasteiger partial charge in [-0.05, 0) is 57.2 Å². The van der Waals surface area contributed by atoms with Crippen LogP contribution in [-0.2, 0) is 16.1 Å². The Hall–Kier alpha value is -1.88. The molecule has 0 atom stereocenters. The molecular formula is C22H31N3O2. The second kappa shape index (κ2) is 8.42. The minimum Gasteiger partial charge on any atom is -0.352 e. The molecule has 5 nitrogen and oxygen atoms in total. The second-order valence-corrected chi connectivity index (χ2v) is 8.34. The lowest BCUT2D eigenvalue weighted by Crippen LogP contribution is -2.50. The van der Waals surface area contributed by atoms with Gasteiger partial charge in [-0.15, -0.1) is 0 Å². The first-order valence-corrected chi connectivity index (χ1v) is 10.5. The first kappa shape index (κ1) is 18.5. The van der Waals surface area contributed by atoms with Crippen molar-refractivity contribution in [1.82, 2.24) is 15.1 Å². The second-order valence-electron chi connectivity index (χ2n) is 8.34. The van der Waals surface area contributed by atoms with Crippen molar-refractivity contribution in [3.8, 4) is 0 Å². The van der Waals surface area contributed by atoms with Crippen LogP contribution < -0.4 is 5.32 Å². The topological polar surface area (TPSA) is 52.7 Å². The number of piperidine rings is 2. The van der Waals surface area contributed by atoms with E-state index in [1.54, 1.807) is 0 Å². The van der Waals surface area contributed by atoms with E-state index in [9.17, 15) is 9.59 Å². The van der Waals surface area contributed by atoms with E-state index in [-0.39, 0.29) is 11.8 Å². The van der Waals surface area contributed by atoms with Crippen molar-refractivity contribution in [3.63, 3.8) is 0 Å². The molecule has 3 aliphatic rings. The molecule has 2 amide bonds. The number of likely N-dealkylation sites (tertiary alicyclic amines) is 2. The highest BCUT2D eigenvalue weighted by Crippen LogP contribution is 2.32.